The fourth-order valence-corrected chi connectivity index (χ4v) is 3.35. The second-order valence-electron chi connectivity index (χ2n) is 8.77. The largest absolute Gasteiger partial charge is 0.481 e. The topological polar surface area (TPSA) is 281 Å². The highest BCUT2D eigenvalue weighted by Gasteiger charge is 2.33. The number of amides is 3. The molecule has 0 aliphatic heterocycles. The molecule has 0 radical (unpaired) electrons. The Balaban J connectivity index is 3.02. The van der Waals surface area contributed by atoms with Crippen molar-refractivity contribution in [3.8, 4) is 0 Å². The van der Waals surface area contributed by atoms with E-state index in [-0.39, 0.29) is 25.3 Å². The summed E-state index contributed by atoms with van der Waals surface area (Å²) in [4.78, 5) is 72.1. The number of carboxylic acid groups (broad SMARTS) is 2. The molecule has 5 atom stereocenters. The number of aromatic amines is 1. The zero-order valence-corrected chi connectivity index (χ0v) is 21.3. The van der Waals surface area contributed by atoms with Crippen LogP contribution in [0, 0.1) is 5.92 Å². The predicted octanol–water partition coefficient (Wildman–Crippen LogP) is -2.61. The van der Waals surface area contributed by atoms with E-state index in [4.69, 9.17) is 17.2 Å². The molecule has 0 saturated carbocycles. The van der Waals surface area contributed by atoms with E-state index in [1.54, 1.807) is 13.8 Å². The van der Waals surface area contributed by atoms with Gasteiger partial charge in [-0.3, -0.25) is 24.2 Å². The van der Waals surface area contributed by atoms with Crippen molar-refractivity contribution in [1.82, 2.24) is 25.9 Å². The van der Waals surface area contributed by atoms with Crippen molar-refractivity contribution >= 4 is 35.6 Å². The van der Waals surface area contributed by atoms with E-state index in [2.05, 4.69) is 30.9 Å². The zero-order valence-electron chi connectivity index (χ0n) is 21.3. The number of aliphatic imine (C=N–C) groups is 1. The van der Waals surface area contributed by atoms with Crippen molar-refractivity contribution in [2.75, 3.05) is 6.54 Å². The molecule has 5 unspecified atom stereocenters. The molecule has 16 heteroatoms. The smallest absolute Gasteiger partial charge is 0.326 e. The van der Waals surface area contributed by atoms with E-state index < -0.39 is 66.2 Å². The molecule has 1 aromatic rings. The van der Waals surface area contributed by atoms with Gasteiger partial charge in [0.25, 0.3) is 0 Å². The average molecular weight is 540 g/mol. The highest BCUT2D eigenvalue weighted by molar-refractivity contribution is 5.95. The first-order chi connectivity index (χ1) is 17.8. The molecular weight excluding hydrogens is 502 g/mol. The number of hydrogen-bond donors (Lipinski definition) is 9. The summed E-state index contributed by atoms with van der Waals surface area (Å²) in [6.07, 6.45) is 2.92. The first-order valence-electron chi connectivity index (χ1n) is 12.0. The molecule has 0 spiro atoms. The number of hydrogen-bond acceptors (Lipinski definition) is 8. The van der Waals surface area contributed by atoms with Crippen LogP contribution >= 0.6 is 0 Å². The monoisotopic (exact) mass is 539 g/mol. The van der Waals surface area contributed by atoms with Crippen LogP contribution in [0.5, 0.6) is 0 Å². The van der Waals surface area contributed by atoms with Gasteiger partial charge in [-0.25, -0.2) is 9.78 Å². The Kier molecular flexibility index (Phi) is 13.2. The number of imidazole rings is 1. The van der Waals surface area contributed by atoms with E-state index in [1.807, 2.05) is 0 Å². The lowest BCUT2D eigenvalue weighted by Gasteiger charge is -2.26. The Morgan fingerprint density at radius 3 is 2.21 bits per heavy atom. The minimum absolute atomic E-state index is 0.0790. The van der Waals surface area contributed by atoms with Gasteiger partial charge in [0.05, 0.1) is 18.8 Å². The van der Waals surface area contributed by atoms with Crippen LogP contribution in [0.3, 0.4) is 0 Å². The Morgan fingerprint density at radius 1 is 1.05 bits per heavy atom. The van der Waals surface area contributed by atoms with Gasteiger partial charge in [-0.15, -0.1) is 0 Å². The summed E-state index contributed by atoms with van der Waals surface area (Å²) < 4.78 is 0. The van der Waals surface area contributed by atoms with Crippen molar-refractivity contribution in [1.29, 1.82) is 0 Å². The minimum Gasteiger partial charge on any atom is -0.481 e. The summed E-state index contributed by atoms with van der Waals surface area (Å²) in [6, 6.07) is -5.18. The standard InChI is InChI=1S/C22H37N9O7/c1-3-11(2)17(21(37)38)31-20(36)15(8-16(32)33)30-19(35)14(7-12-9-26-10-28-12)29-18(34)13(23)5-4-6-27-22(24)25/h9-11,13-15,17H,3-8,23H2,1-2H3,(H,26,28)(H,29,34)(H,30,35)(H,31,36)(H,32,33)(H,37,38)(H4,24,25,27). The van der Waals surface area contributed by atoms with E-state index in [9.17, 15) is 34.2 Å². The quantitative estimate of drug-likeness (QED) is 0.0561. The molecular formula is C22H37N9O7. The molecule has 12 N–H and O–H groups in total. The Labute approximate surface area is 219 Å². The second kappa shape index (κ2) is 15.8. The van der Waals surface area contributed by atoms with Gasteiger partial charge in [-0.05, 0) is 18.8 Å². The van der Waals surface area contributed by atoms with Crippen molar-refractivity contribution in [3.63, 3.8) is 0 Å². The predicted molar refractivity (Wildman–Crippen MR) is 135 cm³/mol. The number of rotatable bonds is 17. The maximum atomic E-state index is 13.1. The van der Waals surface area contributed by atoms with Crippen LogP contribution in [0.15, 0.2) is 17.5 Å². The average Bonchev–Trinajstić information content (AvgIpc) is 3.36. The van der Waals surface area contributed by atoms with E-state index in [1.165, 1.54) is 12.5 Å². The number of carbonyl (C=O) groups is 5. The molecule has 0 fully saturated rings. The number of H-pyrrole nitrogens is 1. The number of carbonyl (C=O) groups excluding carboxylic acids is 3. The zero-order chi connectivity index (χ0) is 28.8. The molecule has 212 valence electrons. The summed E-state index contributed by atoms with van der Waals surface area (Å²) in [5.41, 5.74) is 16.9. The summed E-state index contributed by atoms with van der Waals surface area (Å²) in [7, 11) is 0. The summed E-state index contributed by atoms with van der Waals surface area (Å²) in [6.45, 7) is 3.60. The van der Waals surface area contributed by atoms with Crippen LogP contribution in [0.25, 0.3) is 0 Å². The molecule has 38 heavy (non-hydrogen) atoms. The maximum absolute atomic E-state index is 13.1. The molecule has 0 saturated heterocycles. The lowest BCUT2D eigenvalue weighted by atomic mass is 9.98. The Hall–Kier alpha value is -4.21. The fraction of sp³-hybridized carbons (Fsp3) is 0.591. The second-order valence-corrected chi connectivity index (χ2v) is 8.77. The van der Waals surface area contributed by atoms with Crippen LogP contribution < -0.4 is 33.2 Å². The molecule has 0 aromatic carbocycles. The fourth-order valence-electron chi connectivity index (χ4n) is 3.35. The summed E-state index contributed by atoms with van der Waals surface area (Å²) >= 11 is 0. The third kappa shape index (κ3) is 11.2. The van der Waals surface area contributed by atoms with Crippen molar-refractivity contribution in [2.45, 2.75) is 70.1 Å². The van der Waals surface area contributed by atoms with Gasteiger partial charge in [0.15, 0.2) is 5.96 Å². The SMILES string of the molecule is CCC(C)C(NC(=O)C(CC(=O)O)NC(=O)C(Cc1cnc[nH]1)NC(=O)C(N)CCCN=C(N)N)C(=O)O. The molecule has 1 rings (SSSR count). The van der Waals surface area contributed by atoms with Gasteiger partial charge in [0.1, 0.15) is 18.1 Å². The van der Waals surface area contributed by atoms with Crippen LogP contribution in [0.1, 0.15) is 45.2 Å². The van der Waals surface area contributed by atoms with Crippen LogP contribution in [0.2, 0.25) is 0 Å². The van der Waals surface area contributed by atoms with Gasteiger partial charge in [-0.1, -0.05) is 20.3 Å². The molecule has 1 aromatic heterocycles. The number of guanidine groups is 1. The number of nitrogens with zero attached hydrogens (tertiary/aromatic N) is 2. The number of nitrogens with two attached hydrogens (primary N) is 3. The molecule has 0 aliphatic rings. The van der Waals surface area contributed by atoms with Crippen molar-refractivity contribution < 1.29 is 34.2 Å². The summed E-state index contributed by atoms with van der Waals surface area (Å²) in [5, 5.41) is 25.8. The van der Waals surface area contributed by atoms with Gasteiger partial charge < -0.3 is 48.3 Å². The van der Waals surface area contributed by atoms with Crippen LogP contribution in [-0.2, 0) is 30.4 Å². The number of carboxylic acids is 2. The lowest BCUT2D eigenvalue weighted by molar-refractivity contribution is -0.144. The first kappa shape index (κ1) is 31.8. The molecule has 1 heterocycles. The maximum Gasteiger partial charge on any atom is 0.326 e. The van der Waals surface area contributed by atoms with Crippen molar-refractivity contribution in [2.24, 2.45) is 28.1 Å². The normalized spacial score (nSPS) is 14.7. The number of aromatic nitrogens is 2. The third-order valence-electron chi connectivity index (χ3n) is 5.70. The minimum atomic E-state index is -1.61. The molecule has 16 nitrogen and oxygen atoms in total. The highest BCUT2D eigenvalue weighted by atomic mass is 16.4. The first-order valence-corrected chi connectivity index (χ1v) is 12.0. The Morgan fingerprint density at radius 2 is 1.68 bits per heavy atom. The lowest BCUT2D eigenvalue weighted by Crippen LogP contribution is -2.58. The van der Waals surface area contributed by atoms with Gasteiger partial charge >= 0.3 is 11.9 Å². The summed E-state index contributed by atoms with van der Waals surface area (Å²) in [5.74, 6) is -5.80. The van der Waals surface area contributed by atoms with Crippen LogP contribution in [0.4, 0.5) is 0 Å². The van der Waals surface area contributed by atoms with Gasteiger partial charge in [-0.2, -0.15) is 0 Å². The van der Waals surface area contributed by atoms with Crippen molar-refractivity contribution in [3.05, 3.63) is 18.2 Å². The third-order valence-corrected chi connectivity index (χ3v) is 5.70. The van der Waals surface area contributed by atoms with E-state index in [0.29, 0.717) is 18.5 Å². The molecule has 3 amide bonds. The highest BCUT2D eigenvalue weighted by Crippen LogP contribution is 2.09. The molecule has 0 bridgehead atoms. The van der Waals surface area contributed by atoms with Crippen LogP contribution in [-0.4, -0.2) is 86.5 Å². The Bertz CT molecular complexity index is 980. The van der Waals surface area contributed by atoms with E-state index in [0.717, 1.165) is 0 Å². The van der Waals surface area contributed by atoms with E-state index >= 15 is 0 Å². The van der Waals surface area contributed by atoms with Gasteiger partial charge in [0, 0.05) is 24.9 Å². The number of nitrogens with one attached hydrogen (secondary N) is 4. The number of aliphatic carboxylic acids is 2. The molecule has 0 aliphatic carbocycles. The van der Waals surface area contributed by atoms with Gasteiger partial charge in [0.2, 0.25) is 17.7 Å².